The van der Waals surface area contributed by atoms with Gasteiger partial charge in [-0.3, -0.25) is 4.79 Å². The molecular weight excluding hydrogens is 216 g/mol. The van der Waals surface area contributed by atoms with Gasteiger partial charge in [0.1, 0.15) is 0 Å². The molecule has 1 heterocycles. The van der Waals surface area contributed by atoms with Gasteiger partial charge in [0.2, 0.25) is 5.91 Å². The second kappa shape index (κ2) is 4.58. The van der Waals surface area contributed by atoms with E-state index in [2.05, 4.69) is 19.2 Å². The molecule has 1 saturated carbocycles. The Labute approximate surface area is 104 Å². The lowest BCUT2D eigenvalue weighted by Gasteiger charge is -2.55. The number of carbonyl (C=O) groups is 1. The van der Waals surface area contributed by atoms with Gasteiger partial charge >= 0.3 is 0 Å². The normalized spacial score (nSPS) is 34.0. The minimum Gasteiger partial charge on any atom is -0.377 e. The maximum absolute atomic E-state index is 11.5. The van der Waals surface area contributed by atoms with Crippen molar-refractivity contribution in [1.29, 1.82) is 0 Å². The van der Waals surface area contributed by atoms with E-state index in [0.29, 0.717) is 24.5 Å². The van der Waals surface area contributed by atoms with Crippen LogP contribution in [0.3, 0.4) is 0 Å². The zero-order valence-electron chi connectivity index (χ0n) is 11.3. The van der Waals surface area contributed by atoms with Crippen LogP contribution in [-0.4, -0.2) is 50.2 Å². The SMILES string of the molecule is CN(C)C(=O)CCNC1C2CCOC2C1(C)C. The lowest BCUT2D eigenvalue weighted by atomic mass is 9.57. The number of nitrogens with one attached hydrogen (secondary N) is 1. The quantitative estimate of drug-likeness (QED) is 0.793. The summed E-state index contributed by atoms with van der Waals surface area (Å²) in [4.78, 5) is 13.1. The van der Waals surface area contributed by atoms with Gasteiger partial charge in [-0.2, -0.15) is 0 Å². The fraction of sp³-hybridized carbons (Fsp3) is 0.923. The van der Waals surface area contributed by atoms with Gasteiger partial charge < -0.3 is 15.0 Å². The maximum Gasteiger partial charge on any atom is 0.223 e. The average Bonchev–Trinajstić information content (AvgIpc) is 2.70. The first-order chi connectivity index (χ1) is 7.94. The van der Waals surface area contributed by atoms with Crippen LogP contribution in [0.25, 0.3) is 0 Å². The molecule has 3 unspecified atom stereocenters. The Bertz CT molecular complexity index is 302. The van der Waals surface area contributed by atoms with Gasteiger partial charge in [0.15, 0.2) is 0 Å². The molecule has 0 aromatic carbocycles. The van der Waals surface area contributed by atoms with E-state index in [1.807, 2.05) is 0 Å². The summed E-state index contributed by atoms with van der Waals surface area (Å²) in [6.07, 6.45) is 2.16. The largest absolute Gasteiger partial charge is 0.377 e. The fourth-order valence-corrected chi connectivity index (χ4v) is 3.30. The van der Waals surface area contributed by atoms with Crippen molar-refractivity contribution in [3.63, 3.8) is 0 Å². The number of hydrogen-bond acceptors (Lipinski definition) is 3. The van der Waals surface area contributed by atoms with Crippen molar-refractivity contribution >= 4 is 5.91 Å². The van der Waals surface area contributed by atoms with E-state index >= 15 is 0 Å². The molecular formula is C13H24N2O2. The molecule has 4 heteroatoms. The van der Waals surface area contributed by atoms with E-state index in [9.17, 15) is 4.79 Å². The van der Waals surface area contributed by atoms with E-state index in [1.165, 1.54) is 0 Å². The molecule has 0 aromatic rings. The van der Waals surface area contributed by atoms with Crippen molar-refractivity contribution in [2.75, 3.05) is 27.2 Å². The van der Waals surface area contributed by atoms with Crippen LogP contribution in [0.2, 0.25) is 0 Å². The fourth-order valence-electron chi connectivity index (χ4n) is 3.30. The standard InChI is InChI=1S/C13H24N2O2/c1-13(2)11(9-6-8-17-12(9)13)14-7-5-10(16)15(3)4/h9,11-12,14H,5-8H2,1-4H3. The van der Waals surface area contributed by atoms with Crippen LogP contribution in [0.1, 0.15) is 26.7 Å². The van der Waals surface area contributed by atoms with Crippen LogP contribution in [-0.2, 0) is 9.53 Å². The monoisotopic (exact) mass is 240 g/mol. The smallest absolute Gasteiger partial charge is 0.223 e. The first kappa shape index (κ1) is 12.8. The molecule has 1 aliphatic heterocycles. The predicted molar refractivity (Wildman–Crippen MR) is 66.7 cm³/mol. The molecule has 2 rings (SSSR count). The summed E-state index contributed by atoms with van der Waals surface area (Å²) in [5.74, 6) is 0.841. The highest BCUT2D eigenvalue weighted by Gasteiger charge is 2.58. The average molecular weight is 240 g/mol. The summed E-state index contributed by atoms with van der Waals surface area (Å²) in [5.41, 5.74) is 0.211. The van der Waals surface area contributed by atoms with Gasteiger partial charge in [-0.15, -0.1) is 0 Å². The minimum atomic E-state index is 0.189. The molecule has 2 aliphatic rings. The molecule has 0 bridgehead atoms. The second-order valence-electron chi connectivity index (χ2n) is 6.04. The molecule has 0 radical (unpaired) electrons. The number of ether oxygens (including phenoxy) is 1. The van der Waals surface area contributed by atoms with Crippen LogP contribution in [0.5, 0.6) is 0 Å². The topological polar surface area (TPSA) is 41.6 Å². The van der Waals surface area contributed by atoms with E-state index in [0.717, 1.165) is 19.6 Å². The highest BCUT2D eigenvalue weighted by atomic mass is 16.5. The first-order valence-electron chi connectivity index (χ1n) is 6.49. The van der Waals surface area contributed by atoms with Gasteiger partial charge in [0.25, 0.3) is 0 Å². The summed E-state index contributed by atoms with van der Waals surface area (Å²) >= 11 is 0. The Morgan fingerprint density at radius 1 is 1.47 bits per heavy atom. The minimum absolute atomic E-state index is 0.189. The van der Waals surface area contributed by atoms with Crippen LogP contribution in [0.4, 0.5) is 0 Å². The van der Waals surface area contributed by atoms with Crippen molar-refractivity contribution in [1.82, 2.24) is 10.2 Å². The third-order valence-corrected chi connectivity index (χ3v) is 4.30. The van der Waals surface area contributed by atoms with Crippen LogP contribution in [0, 0.1) is 11.3 Å². The lowest BCUT2D eigenvalue weighted by molar-refractivity contribution is -0.129. The van der Waals surface area contributed by atoms with E-state index in [-0.39, 0.29) is 11.3 Å². The molecule has 0 aromatic heterocycles. The summed E-state index contributed by atoms with van der Waals surface area (Å²) in [6, 6.07) is 0.505. The highest BCUT2D eigenvalue weighted by Crippen LogP contribution is 2.51. The molecule has 1 amide bonds. The van der Waals surface area contributed by atoms with Crippen LogP contribution >= 0.6 is 0 Å². The third-order valence-electron chi connectivity index (χ3n) is 4.30. The lowest BCUT2D eigenvalue weighted by Crippen LogP contribution is -2.66. The van der Waals surface area contributed by atoms with E-state index in [4.69, 9.17) is 4.74 Å². The van der Waals surface area contributed by atoms with E-state index < -0.39 is 0 Å². The third kappa shape index (κ3) is 2.20. The molecule has 98 valence electrons. The molecule has 1 saturated heterocycles. The molecule has 3 atom stereocenters. The maximum atomic E-state index is 11.5. The number of hydrogen-bond donors (Lipinski definition) is 1. The van der Waals surface area contributed by atoms with Crippen LogP contribution < -0.4 is 5.32 Å². The highest BCUT2D eigenvalue weighted by molar-refractivity contribution is 5.75. The Balaban J connectivity index is 1.78. The Hall–Kier alpha value is -0.610. The van der Waals surface area contributed by atoms with Crippen molar-refractivity contribution in [3.8, 4) is 0 Å². The predicted octanol–water partition coefficient (Wildman–Crippen LogP) is 0.868. The number of carbonyl (C=O) groups excluding carboxylic acids is 1. The Morgan fingerprint density at radius 3 is 2.82 bits per heavy atom. The zero-order chi connectivity index (χ0) is 12.6. The Morgan fingerprint density at radius 2 is 2.18 bits per heavy atom. The van der Waals surface area contributed by atoms with E-state index in [1.54, 1.807) is 19.0 Å². The van der Waals surface area contributed by atoms with Gasteiger partial charge in [0.05, 0.1) is 6.10 Å². The summed E-state index contributed by atoms with van der Waals surface area (Å²) in [5, 5.41) is 3.54. The second-order valence-corrected chi connectivity index (χ2v) is 6.04. The van der Waals surface area contributed by atoms with Crippen LogP contribution in [0.15, 0.2) is 0 Å². The van der Waals surface area contributed by atoms with Gasteiger partial charge in [-0.25, -0.2) is 0 Å². The number of rotatable bonds is 4. The van der Waals surface area contributed by atoms with Crippen molar-refractivity contribution in [3.05, 3.63) is 0 Å². The van der Waals surface area contributed by atoms with Crippen molar-refractivity contribution in [2.24, 2.45) is 11.3 Å². The first-order valence-corrected chi connectivity index (χ1v) is 6.49. The van der Waals surface area contributed by atoms with Gasteiger partial charge in [-0.1, -0.05) is 13.8 Å². The van der Waals surface area contributed by atoms with Crippen molar-refractivity contribution in [2.45, 2.75) is 38.8 Å². The Kier molecular flexibility index (Phi) is 3.46. The van der Waals surface area contributed by atoms with Gasteiger partial charge in [0, 0.05) is 51.0 Å². The van der Waals surface area contributed by atoms with Crippen molar-refractivity contribution < 1.29 is 9.53 Å². The summed E-state index contributed by atoms with van der Waals surface area (Å²) in [7, 11) is 3.60. The molecule has 4 nitrogen and oxygen atoms in total. The molecule has 1 N–H and O–H groups in total. The number of amides is 1. The number of nitrogens with zero attached hydrogens (tertiary/aromatic N) is 1. The zero-order valence-corrected chi connectivity index (χ0v) is 11.3. The van der Waals surface area contributed by atoms with Gasteiger partial charge in [-0.05, 0) is 6.42 Å². The molecule has 17 heavy (non-hydrogen) atoms. The summed E-state index contributed by atoms with van der Waals surface area (Å²) < 4.78 is 5.75. The summed E-state index contributed by atoms with van der Waals surface area (Å²) in [6.45, 7) is 6.18. The molecule has 0 spiro atoms. The molecule has 2 fully saturated rings. The number of fused-ring (bicyclic) bond motifs is 1. The molecule has 1 aliphatic carbocycles.